The molecule has 0 spiro atoms. The molecule has 0 unspecified atom stereocenters. The molecule has 2 amide bonds. The van der Waals surface area contributed by atoms with Crippen molar-refractivity contribution in [1.82, 2.24) is 15.7 Å². The minimum absolute atomic E-state index is 0.111. The molecule has 0 fully saturated rings. The van der Waals surface area contributed by atoms with Crippen LogP contribution < -0.4 is 15.5 Å². The Bertz CT molecular complexity index is 1220. The molecule has 1 aliphatic heterocycles. The number of aromatic nitrogens is 1. The summed E-state index contributed by atoms with van der Waals surface area (Å²) < 4.78 is 5.99. The molecule has 0 saturated carbocycles. The summed E-state index contributed by atoms with van der Waals surface area (Å²) >= 11 is 1.39. The number of hydrogen-bond acceptors (Lipinski definition) is 6. The summed E-state index contributed by atoms with van der Waals surface area (Å²) in [5.41, 5.74) is 5.48. The van der Waals surface area contributed by atoms with Crippen LogP contribution in [0, 0.1) is 6.92 Å². The van der Waals surface area contributed by atoms with Gasteiger partial charge in [0.15, 0.2) is 0 Å². The topological polar surface area (TPSA) is 92.7 Å². The molecule has 0 atom stereocenters. The molecular formula is C25H26N4O3S. The van der Waals surface area contributed by atoms with E-state index in [0.29, 0.717) is 30.1 Å². The van der Waals surface area contributed by atoms with Crippen molar-refractivity contribution >= 4 is 39.5 Å². The van der Waals surface area contributed by atoms with Crippen LogP contribution in [0.1, 0.15) is 41.9 Å². The Balaban J connectivity index is 1.37. The highest BCUT2D eigenvalue weighted by molar-refractivity contribution is 8.14. The predicted octanol–water partition coefficient (Wildman–Crippen LogP) is 4.20. The normalized spacial score (nSPS) is 13.9. The number of para-hydroxylation sites is 1. The summed E-state index contributed by atoms with van der Waals surface area (Å²) in [6.45, 7) is 6.25. The highest BCUT2D eigenvalue weighted by atomic mass is 32.2. The molecule has 7 nitrogen and oxygen atoms in total. The van der Waals surface area contributed by atoms with Gasteiger partial charge in [-0.3, -0.25) is 14.6 Å². The van der Waals surface area contributed by atoms with Gasteiger partial charge in [0.25, 0.3) is 5.91 Å². The molecule has 4 rings (SSSR count). The smallest absolute Gasteiger partial charge is 0.251 e. The Kier molecular flexibility index (Phi) is 6.65. The summed E-state index contributed by atoms with van der Waals surface area (Å²) in [7, 11) is 0. The standard InChI is InChI=1S/C25H26N4O3S/c1-16-12-18(20-6-4-5-7-21(20)26-16)14-32-19-10-8-17(9-11-19)24(31)27-25(2,3)13-23-29-28-22(30)15-33-23/h4-12H,13-15H2,1-3H3,(H,27,31)(H,28,30). The number of benzene rings is 2. The maximum atomic E-state index is 12.8. The third kappa shape index (κ3) is 5.90. The molecule has 1 aliphatic rings. The average Bonchev–Trinajstić information content (AvgIpc) is 2.78. The third-order valence-electron chi connectivity index (χ3n) is 5.16. The molecule has 0 aliphatic carbocycles. The van der Waals surface area contributed by atoms with Crippen LogP contribution >= 0.6 is 11.8 Å². The van der Waals surface area contributed by atoms with Gasteiger partial charge in [0.05, 0.1) is 16.3 Å². The molecule has 33 heavy (non-hydrogen) atoms. The number of fused-ring (bicyclic) bond motifs is 1. The number of amides is 2. The summed E-state index contributed by atoms with van der Waals surface area (Å²) in [4.78, 5) is 28.6. The van der Waals surface area contributed by atoms with Crippen molar-refractivity contribution < 1.29 is 14.3 Å². The fourth-order valence-electron chi connectivity index (χ4n) is 3.61. The van der Waals surface area contributed by atoms with Gasteiger partial charge in [-0.2, -0.15) is 5.10 Å². The first-order valence-electron chi connectivity index (χ1n) is 10.7. The van der Waals surface area contributed by atoms with E-state index < -0.39 is 5.54 Å². The van der Waals surface area contributed by atoms with E-state index in [2.05, 4.69) is 20.8 Å². The largest absolute Gasteiger partial charge is 0.489 e. The quantitative estimate of drug-likeness (QED) is 0.549. The summed E-state index contributed by atoms with van der Waals surface area (Å²) in [6.07, 6.45) is 0.532. The second-order valence-electron chi connectivity index (χ2n) is 8.60. The van der Waals surface area contributed by atoms with Crippen molar-refractivity contribution in [1.29, 1.82) is 0 Å². The first-order chi connectivity index (χ1) is 15.8. The molecule has 170 valence electrons. The van der Waals surface area contributed by atoms with Crippen LogP contribution in [0.5, 0.6) is 5.75 Å². The number of hydrogen-bond donors (Lipinski definition) is 2. The first kappa shape index (κ1) is 22.8. The molecule has 2 aromatic carbocycles. The van der Waals surface area contributed by atoms with Crippen molar-refractivity contribution in [3.8, 4) is 5.75 Å². The summed E-state index contributed by atoms with van der Waals surface area (Å²) in [6, 6.07) is 17.2. The van der Waals surface area contributed by atoms with Gasteiger partial charge in [-0.1, -0.05) is 30.0 Å². The van der Waals surface area contributed by atoms with Crippen LogP contribution in [0.3, 0.4) is 0 Å². The van der Waals surface area contributed by atoms with Gasteiger partial charge in [0, 0.05) is 34.2 Å². The summed E-state index contributed by atoms with van der Waals surface area (Å²) in [5.74, 6) is 0.750. The summed E-state index contributed by atoms with van der Waals surface area (Å²) in [5, 5.41) is 8.97. The van der Waals surface area contributed by atoms with Gasteiger partial charge in [0.1, 0.15) is 12.4 Å². The number of ether oxygens (including phenoxy) is 1. The van der Waals surface area contributed by atoms with E-state index in [1.54, 1.807) is 24.3 Å². The SMILES string of the molecule is Cc1cc(COc2ccc(C(=O)NC(C)(C)CC3=NNC(=O)CS3)cc2)c2ccccc2n1. The zero-order valence-electron chi connectivity index (χ0n) is 18.8. The zero-order valence-corrected chi connectivity index (χ0v) is 19.7. The number of thioether (sulfide) groups is 1. The molecule has 0 bridgehead atoms. The number of aryl methyl sites for hydroxylation is 1. The Hall–Kier alpha value is -3.39. The highest BCUT2D eigenvalue weighted by Crippen LogP contribution is 2.22. The number of carbonyl (C=O) groups excluding carboxylic acids is 2. The van der Waals surface area contributed by atoms with E-state index in [1.807, 2.05) is 51.1 Å². The molecule has 0 saturated heterocycles. The Labute approximate surface area is 197 Å². The van der Waals surface area contributed by atoms with Crippen LogP contribution in [0.4, 0.5) is 0 Å². The number of nitrogens with one attached hydrogen (secondary N) is 2. The molecule has 0 radical (unpaired) electrons. The van der Waals surface area contributed by atoms with Gasteiger partial charge in [-0.05, 0) is 57.2 Å². The van der Waals surface area contributed by atoms with Crippen molar-refractivity contribution in [2.45, 2.75) is 39.3 Å². The average molecular weight is 463 g/mol. The third-order valence-corrected chi connectivity index (χ3v) is 6.14. The fraction of sp³-hybridized carbons (Fsp3) is 0.280. The van der Waals surface area contributed by atoms with Crippen LogP contribution in [0.25, 0.3) is 10.9 Å². The maximum absolute atomic E-state index is 12.8. The minimum Gasteiger partial charge on any atom is -0.489 e. The van der Waals surface area contributed by atoms with E-state index in [-0.39, 0.29) is 11.8 Å². The molecule has 1 aromatic heterocycles. The van der Waals surface area contributed by atoms with Crippen molar-refractivity contribution in [2.24, 2.45) is 5.10 Å². The van der Waals surface area contributed by atoms with E-state index in [1.165, 1.54) is 11.8 Å². The molecule has 3 aromatic rings. The van der Waals surface area contributed by atoms with Crippen molar-refractivity contribution in [2.75, 3.05) is 5.75 Å². The van der Waals surface area contributed by atoms with Gasteiger partial charge >= 0.3 is 0 Å². The highest BCUT2D eigenvalue weighted by Gasteiger charge is 2.25. The maximum Gasteiger partial charge on any atom is 0.251 e. The van der Waals surface area contributed by atoms with Crippen LogP contribution in [0.2, 0.25) is 0 Å². The van der Waals surface area contributed by atoms with Gasteiger partial charge < -0.3 is 10.1 Å². The number of nitrogens with zero attached hydrogens (tertiary/aromatic N) is 2. The lowest BCUT2D eigenvalue weighted by Crippen LogP contribution is -2.45. The van der Waals surface area contributed by atoms with Crippen molar-refractivity contribution in [3.05, 3.63) is 71.4 Å². The van der Waals surface area contributed by atoms with E-state index in [0.717, 1.165) is 27.2 Å². The van der Waals surface area contributed by atoms with Crippen LogP contribution in [-0.2, 0) is 11.4 Å². The van der Waals surface area contributed by atoms with Gasteiger partial charge in [-0.25, -0.2) is 5.43 Å². The van der Waals surface area contributed by atoms with Gasteiger partial charge in [-0.15, -0.1) is 0 Å². The molecule has 8 heteroatoms. The predicted molar refractivity (Wildman–Crippen MR) is 131 cm³/mol. The van der Waals surface area contributed by atoms with Gasteiger partial charge in [0.2, 0.25) is 5.91 Å². The second kappa shape index (κ2) is 9.62. The lowest BCUT2D eigenvalue weighted by molar-refractivity contribution is -0.118. The monoisotopic (exact) mass is 462 g/mol. The fourth-order valence-corrected chi connectivity index (χ4v) is 4.54. The molecule has 2 N–H and O–H groups in total. The van der Waals surface area contributed by atoms with Crippen molar-refractivity contribution in [3.63, 3.8) is 0 Å². The van der Waals surface area contributed by atoms with E-state index in [4.69, 9.17) is 4.74 Å². The number of hydrazone groups is 1. The lowest BCUT2D eigenvalue weighted by atomic mass is 10.0. The van der Waals surface area contributed by atoms with Crippen LogP contribution in [0.15, 0.2) is 59.7 Å². The molecular weight excluding hydrogens is 436 g/mol. The first-order valence-corrected chi connectivity index (χ1v) is 11.7. The minimum atomic E-state index is -0.513. The van der Waals surface area contributed by atoms with E-state index in [9.17, 15) is 9.59 Å². The Morgan fingerprint density at radius 1 is 1.18 bits per heavy atom. The van der Waals surface area contributed by atoms with E-state index >= 15 is 0 Å². The Morgan fingerprint density at radius 2 is 1.94 bits per heavy atom. The molecule has 2 heterocycles. The number of pyridine rings is 1. The number of carbonyl (C=O) groups is 2. The van der Waals surface area contributed by atoms with Crippen LogP contribution in [-0.4, -0.2) is 33.1 Å². The second-order valence-corrected chi connectivity index (χ2v) is 9.65. The lowest BCUT2D eigenvalue weighted by Gasteiger charge is -2.27. The Morgan fingerprint density at radius 3 is 2.67 bits per heavy atom. The zero-order chi connectivity index (χ0) is 23.4. The number of rotatable bonds is 7.